The van der Waals surface area contributed by atoms with Gasteiger partial charge in [0.25, 0.3) is 0 Å². The van der Waals surface area contributed by atoms with Gasteiger partial charge in [0.05, 0.1) is 26.9 Å². The molecule has 1 unspecified atom stereocenters. The lowest BCUT2D eigenvalue weighted by atomic mass is 10.0. The fourth-order valence-corrected chi connectivity index (χ4v) is 3.99. The third-order valence-corrected chi connectivity index (χ3v) is 5.39. The van der Waals surface area contributed by atoms with E-state index in [1.807, 2.05) is 0 Å². The van der Waals surface area contributed by atoms with E-state index in [1.54, 1.807) is 18.9 Å². The maximum Gasteiger partial charge on any atom is 0.181 e. The van der Waals surface area contributed by atoms with Crippen LogP contribution in [0.3, 0.4) is 0 Å². The first-order valence-electron chi connectivity index (χ1n) is 9.56. The SMILES string of the molecule is COCCn1nnnc1C1CN(Cc2cc3c(cc2OC)CCC3)CCO1. The summed E-state index contributed by atoms with van der Waals surface area (Å²) >= 11 is 0. The standard InChI is InChI=1S/C19H27N5O3/c1-25-8-7-24-19(20-21-22-24)18-13-23(6-9-27-18)12-16-10-14-4-3-5-15(14)11-17(16)26-2/h10-11,18H,3-9,12-13H2,1-2H3. The van der Waals surface area contributed by atoms with Gasteiger partial charge in [-0.15, -0.1) is 5.10 Å². The molecule has 0 radical (unpaired) electrons. The molecule has 146 valence electrons. The third kappa shape index (κ3) is 3.97. The van der Waals surface area contributed by atoms with E-state index in [1.165, 1.54) is 29.5 Å². The Kier molecular flexibility index (Phi) is 5.66. The quantitative estimate of drug-likeness (QED) is 0.726. The van der Waals surface area contributed by atoms with Crippen LogP contribution in [0.25, 0.3) is 0 Å². The summed E-state index contributed by atoms with van der Waals surface area (Å²) in [5, 5.41) is 12.1. The molecular weight excluding hydrogens is 346 g/mol. The van der Waals surface area contributed by atoms with Crippen molar-refractivity contribution >= 4 is 0 Å². The van der Waals surface area contributed by atoms with Crippen molar-refractivity contribution < 1.29 is 14.2 Å². The molecule has 0 amide bonds. The summed E-state index contributed by atoms with van der Waals surface area (Å²) in [5.41, 5.74) is 4.16. The van der Waals surface area contributed by atoms with Crippen LogP contribution in [0.4, 0.5) is 0 Å². The zero-order chi connectivity index (χ0) is 18.6. The minimum absolute atomic E-state index is 0.133. The first kappa shape index (κ1) is 18.3. The van der Waals surface area contributed by atoms with Crippen molar-refractivity contribution in [2.45, 2.75) is 38.5 Å². The predicted octanol–water partition coefficient (Wildman–Crippen LogP) is 1.39. The number of nitrogens with zero attached hydrogens (tertiary/aromatic N) is 5. The molecular formula is C19H27N5O3. The van der Waals surface area contributed by atoms with Gasteiger partial charge in [-0.3, -0.25) is 4.90 Å². The first-order chi connectivity index (χ1) is 13.3. The highest BCUT2D eigenvalue weighted by molar-refractivity contribution is 5.44. The molecule has 2 heterocycles. The molecule has 0 spiro atoms. The van der Waals surface area contributed by atoms with E-state index in [2.05, 4.69) is 32.6 Å². The molecule has 2 aliphatic rings. The highest BCUT2D eigenvalue weighted by Crippen LogP contribution is 2.31. The molecule has 1 fully saturated rings. The highest BCUT2D eigenvalue weighted by Gasteiger charge is 2.27. The van der Waals surface area contributed by atoms with E-state index in [4.69, 9.17) is 14.2 Å². The molecule has 1 aliphatic carbocycles. The number of fused-ring (bicyclic) bond motifs is 1. The minimum Gasteiger partial charge on any atom is -0.496 e. The van der Waals surface area contributed by atoms with Crippen LogP contribution in [0.5, 0.6) is 5.75 Å². The number of hydrogen-bond acceptors (Lipinski definition) is 7. The number of rotatable bonds is 7. The summed E-state index contributed by atoms with van der Waals surface area (Å²) in [5.74, 6) is 1.75. The Balaban J connectivity index is 1.47. The van der Waals surface area contributed by atoms with Crippen molar-refractivity contribution in [2.75, 3.05) is 40.5 Å². The van der Waals surface area contributed by atoms with Crippen molar-refractivity contribution in [2.24, 2.45) is 0 Å². The lowest BCUT2D eigenvalue weighted by Gasteiger charge is -2.32. The van der Waals surface area contributed by atoms with Gasteiger partial charge in [-0.2, -0.15) is 0 Å². The lowest BCUT2D eigenvalue weighted by Crippen LogP contribution is -2.39. The molecule has 8 heteroatoms. The second-order valence-corrected chi connectivity index (χ2v) is 7.13. The van der Waals surface area contributed by atoms with Gasteiger partial charge in [0.2, 0.25) is 0 Å². The number of benzene rings is 1. The monoisotopic (exact) mass is 373 g/mol. The van der Waals surface area contributed by atoms with Crippen molar-refractivity contribution in [3.8, 4) is 5.75 Å². The van der Waals surface area contributed by atoms with Gasteiger partial charge in [-0.1, -0.05) is 6.07 Å². The molecule has 2 aromatic rings. The van der Waals surface area contributed by atoms with Crippen LogP contribution in [-0.2, 0) is 35.4 Å². The number of aromatic nitrogens is 4. The molecule has 8 nitrogen and oxygen atoms in total. The van der Waals surface area contributed by atoms with E-state index in [0.29, 0.717) is 19.8 Å². The molecule has 0 bridgehead atoms. The van der Waals surface area contributed by atoms with Crippen LogP contribution >= 0.6 is 0 Å². The molecule has 27 heavy (non-hydrogen) atoms. The highest BCUT2D eigenvalue weighted by atomic mass is 16.5. The zero-order valence-electron chi connectivity index (χ0n) is 16.1. The fourth-order valence-electron chi connectivity index (χ4n) is 3.99. The second-order valence-electron chi connectivity index (χ2n) is 7.13. The Morgan fingerprint density at radius 2 is 2.07 bits per heavy atom. The molecule has 1 saturated heterocycles. The molecule has 0 N–H and O–H groups in total. The summed E-state index contributed by atoms with van der Waals surface area (Å²) in [6.45, 7) is 4.34. The Morgan fingerprint density at radius 3 is 2.89 bits per heavy atom. The number of morpholine rings is 1. The van der Waals surface area contributed by atoms with Crippen LogP contribution in [0.1, 0.15) is 35.0 Å². The van der Waals surface area contributed by atoms with Crippen LogP contribution in [0, 0.1) is 0 Å². The van der Waals surface area contributed by atoms with Crippen molar-refractivity contribution in [1.82, 2.24) is 25.1 Å². The average Bonchev–Trinajstić information content (AvgIpc) is 3.34. The number of methoxy groups -OCH3 is 2. The van der Waals surface area contributed by atoms with E-state index in [9.17, 15) is 0 Å². The Labute approximate surface area is 159 Å². The minimum atomic E-state index is -0.133. The van der Waals surface area contributed by atoms with Crippen LogP contribution < -0.4 is 4.74 Å². The molecule has 0 saturated carbocycles. The molecule has 4 rings (SSSR count). The number of ether oxygens (including phenoxy) is 3. The second kappa shape index (κ2) is 8.33. The average molecular weight is 373 g/mol. The Bertz CT molecular complexity index is 779. The number of hydrogen-bond donors (Lipinski definition) is 0. The van der Waals surface area contributed by atoms with E-state index in [0.717, 1.165) is 37.6 Å². The van der Waals surface area contributed by atoms with Gasteiger partial charge in [-0.05, 0) is 46.9 Å². The molecule has 1 aromatic heterocycles. The lowest BCUT2D eigenvalue weighted by molar-refractivity contribution is -0.0398. The summed E-state index contributed by atoms with van der Waals surface area (Å²) < 4.78 is 18.5. The zero-order valence-corrected chi connectivity index (χ0v) is 16.1. The Morgan fingerprint density at radius 1 is 1.22 bits per heavy atom. The van der Waals surface area contributed by atoms with E-state index >= 15 is 0 Å². The smallest absolute Gasteiger partial charge is 0.181 e. The van der Waals surface area contributed by atoms with Gasteiger partial charge in [0, 0.05) is 32.3 Å². The van der Waals surface area contributed by atoms with Gasteiger partial charge in [0.15, 0.2) is 5.82 Å². The molecule has 1 aliphatic heterocycles. The maximum absolute atomic E-state index is 5.96. The summed E-state index contributed by atoms with van der Waals surface area (Å²) in [7, 11) is 3.43. The summed E-state index contributed by atoms with van der Waals surface area (Å²) in [4.78, 5) is 2.39. The topological polar surface area (TPSA) is 74.5 Å². The van der Waals surface area contributed by atoms with Crippen molar-refractivity contribution in [1.29, 1.82) is 0 Å². The largest absolute Gasteiger partial charge is 0.496 e. The van der Waals surface area contributed by atoms with Gasteiger partial charge >= 0.3 is 0 Å². The molecule has 1 aromatic carbocycles. The Hall–Kier alpha value is -2.03. The first-order valence-corrected chi connectivity index (χ1v) is 9.56. The number of tetrazole rings is 1. The van der Waals surface area contributed by atoms with E-state index in [-0.39, 0.29) is 6.10 Å². The third-order valence-electron chi connectivity index (χ3n) is 5.39. The van der Waals surface area contributed by atoms with Gasteiger partial charge in [0.1, 0.15) is 11.9 Å². The van der Waals surface area contributed by atoms with Gasteiger partial charge < -0.3 is 14.2 Å². The predicted molar refractivity (Wildman–Crippen MR) is 98.7 cm³/mol. The van der Waals surface area contributed by atoms with Crippen LogP contribution in [-0.4, -0.2) is 65.6 Å². The van der Waals surface area contributed by atoms with Crippen molar-refractivity contribution in [3.05, 3.63) is 34.6 Å². The summed E-state index contributed by atoms with van der Waals surface area (Å²) in [6.07, 6.45) is 3.44. The maximum atomic E-state index is 5.96. The normalized spacial score (nSPS) is 20.0. The van der Waals surface area contributed by atoms with Crippen molar-refractivity contribution in [3.63, 3.8) is 0 Å². The van der Waals surface area contributed by atoms with Crippen LogP contribution in [0.2, 0.25) is 0 Å². The summed E-state index contributed by atoms with van der Waals surface area (Å²) in [6, 6.07) is 4.55. The number of aryl methyl sites for hydroxylation is 2. The fraction of sp³-hybridized carbons (Fsp3) is 0.632. The van der Waals surface area contributed by atoms with Crippen LogP contribution in [0.15, 0.2) is 12.1 Å². The van der Waals surface area contributed by atoms with Gasteiger partial charge in [-0.25, -0.2) is 4.68 Å². The van der Waals surface area contributed by atoms with E-state index < -0.39 is 0 Å². The molecule has 1 atom stereocenters.